The Hall–Kier alpha value is -4.22. The highest BCUT2D eigenvalue weighted by Crippen LogP contribution is 2.65. The predicted octanol–water partition coefficient (Wildman–Crippen LogP) is 4.67. The largest absolute Gasteiger partial charge is 0.494 e. The molecule has 208 valence electrons. The normalized spacial score (nSPS) is 20.7. The van der Waals surface area contributed by atoms with Crippen LogP contribution in [0.2, 0.25) is 0 Å². The average molecular weight is 569 g/mol. The smallest absolute Gasteiger partial charge is 0.254 e. The van der Waals surface area contributed by atoms with E-state index in [1.54, 1.807) is 23.8 Å². The fourth-order valence-electron chi connectivity index (χ4n) is 6.38. The van der Waals surface area contributed by atoms with E-state index < -0.39 is 11.2 Å². The predicted molar refractivity (Wildman–Crippen MR) is 154 cm³/mol. The Kier molecular flexibility index (Phi) is 6.58. The third kappa shape index (κ3) is 4.10. The molecule has 1 fully saturated rings. The summed E-state index contributed by atoms with van der Waals surface area (Å²) in [5.74, 6) is 2.72. The van der Waals surface area contributed by atoms with Gasteiger partial charge in [-0.25, -0.2) is 4.98 Å². The first-order valence-electron chi connectivity index (χ1n) is 13.2. The SMILES string of the molecule is C#CCSc1nc(COC)cc(=O)n1CC[C@]12CC[C@](C)(O1)c1c2c(O)n(-c2ccc(C#N)c3ccccc23)c1O. The summed E-state index contributed by atoms with van der Waals surface area (Å²) in [6, 6.07) is 14.5. The lowest BCUT2D eigenvalue weighted by Gasteiger charge is -2.27. The Bertz CT molecular complexity index is 1850. The van der Waals surface area contributed by atoms with Gasteiger partial charge in [-0.05, 0) is 38.3 Å². The molecular formula is C31H28N4O5S. The molecule has 2 aromatic carbocycles. The summed E-state index contributed by atoms with van der Waals surface area (Å²) in [5, 5.41) is 34.9. The van der Waals surface area contributed by atoms with E-state index in [9.17, 15) is 20.3 Å². The van der Waals surface area contributed by atoms with E-state index in [-0.39, 0.29) is 30.5 Å². The van der Waals surface area contributed by atoms with E-state index in [1.165, 1.54) is 22.4 Å². The number of methoxy groups -OCH3 is 1. The Labute approximate surface area is 241 Å². The Morgan fingerprint density at radius 2 is 1.93 bits per heavy atom. The lowest BCUT2D eigenvalue weighted by molar-refractivity contribution is -0.0855. The highest BCUT2D eigenvalue weighted by molar-refractivity contribution is 7.99. The lowest BCUT2D eigenvalue weighted by atomic mass is 9.78. The number of aromatic nitrogens is 3. The van der Waals surface area contributed by atoms with Crippen LogP contribution in [-0.2, 0) is 33.8 Å². The second kappa shape index (κ2) is 10.0. The highest BCUT2D eigenvalue weighted by atomic mass is 32.2. The van der Waals surface area contributed by atoms with E-state index in [2.05, 4.69) is 17.0 Å². The molecule has 2 atom stereocenters. The minimum absolute atomic E-state index is 0.0931. The minimum Gasteiger partial charge on any atom is -0.494 e. The van der Waals surface area contributed by atoms with Crippen LogP contribution in [-0.4, -0.2) is 37.2 Å². The van der Waals surface area contributed by atoms with Gasteiger partial charge < -0.3 is 19.7 Å². The highest BCUT2D eigenvalue weighted by Gasteiger charge is 2.61. The maximum absolute atomic E-state index is 13.1. The molecule has 0 saturated carbocycles. The first-order valence-corrected chi connectivity index (χ1v) is 14.2. The molecule has 2 N–H and O–H groups in total. The molecule has 2 aliphatic heterocycles. The van der Waals surface area contributed by atoms with Gasteiger partial charge in [0.15, 0.2) is 5.16 Å². The molecule has 2 aliphatic rings. The minimum atomic E-state index is -0.919. The molecule has 2 bridgehead atoms. The van der Waals surface area contributed by atoms with Gasteiger partial charge in [0.25, 0.3) is 5.56 Å². The molecule has 10 heteroatoms. The maximum Gasteiger partial charge on any atom is 0.254 e. The van der Waals surface area contributed by atoms with Crippen LogP contribution in [0.3, 0.4) is 0 Å². The fourth-order valence-corrected chi connectivity index (χ4v) is 7.11. The van der Waals surface area contributed by atoms with Crippen LogP contribution in [0.4, 0.5) is 0 Å². The zero-order chi connectivity index (χ0) is 28.9. The van der Waals surface area contributed by atoms with Crippen molar-refractivity contribution in [2.24, 2.45) is 0 Å². The van der Waals surface area contributed by atoms with Crippen molar-refractivity contribution in [2.45, 2.75) is 55.7 Å². The van der Waals surface area contributed by atoms with Gasteiger partial charge in [0, 0.05) is 30.5 Å². The molecule has 0 unspecified atom stereocenters. The van der Waals surface area contributed by atoms with E-state index in [0.717, 1.165) is 10.8 Å². The Morgan fingerprint density at radius 1 is 1.17 bits per heavy atom. The van der Waals surface area contributed by atoms with Crippen molar-refractivity contribution >= 4 is 22.5 Å². The first kappa shape index (κ1) is 27.0. The first-order chi connectivity index (χ1) is 19.8. The molecule has 9 nitrogen and oxygen atoms in total. The molecule has 41 heavy (non-hydrogen) atoms. The number of ether oxygens (including phenoxy) is 2. The molecule has 4 aromatic rings. The number of hydrogen-bond acceptors (Lipinski definition) is 8. The zero-order valence-electron chi connectivity index (χ0n) is 22.7. The number of thioether (sulfide) groups is 1. The van der Waals surface area contributed by atoms with Crippen molar-refractivity contribution < 1.29 is 19.7 Å². The molecule has 2 aromatic heterocycles. The number of fused-ring (bicyclic) bond motifs is 6. The second-order valence-corrected chi connectivity index (χ2v) is 11.5. The van der Waals surface area contributed by atoms with Crippen LogP contribution < -0.4 is 5.56 Å². The van der Waals surface area contributed by atoms with Crippen molar-refractivity contribution in [1.82, 2.24) is 14.1 Å². The number of rotatable bonds is 8. The van der Waals surface area contributed by atoms with Crippen molar-refractivity contribution in [3.05, 3.63) is 75.2 Å². The summed E-state index contributed by atoms with van der Waals surface area (Å²) in [7, 11) is 1.54. The van der Waals surface area contributed by atoms with Gasteiger partial charge in [-0.15, -0.1) is 6.42 Å². The Balaban J connectivity index is 1.44. The standard InChI is InChI=1S/C31H28N4O5S/c1-4-15-41-29-33-20(18-39-3)16-24(36)34(29)14-13-31-12-11-30(2,40-31)25-26(31)28(38)35(27(25)37)23-10-9-19(17-32)21-7-5-6-8-22(21)23/h1,5-10,16,37-38H,11-15,18H2,2-3H3/t30-,31-/m0/s1. The summed E-state index contributed by atoms with van der Waals surface area (Å²) in [6.45, 7) is 2.40. The average Bonchev–Trinajstić information content (AvgIpc) is 3.55. The Morgan fingerprint density at radius 3 is 2.66 bits per heavy atom. The summed E-state index contributed by atoms with van der Waals surface area (Å²) in [5.41, 5.74) is 0.719. The molecule has 6 rings (SSSR count). The van der Waals surface area contributed by atoms with Gasteiger partial charge in [0.2, 0.25) is 11.8 Å². The number of nitrogens with zero attached hydrogens (tertiary/aromatic N) is 4. The molecular weight excluding hydrogens is 540 g/mol. The second-order valence-electron chi connectivity index (χ2n) is 10.5. The van der Waals surface area contributed by atoms with Gasteiger partial charge in [-0.3, -0.25) is 13.9 Å². The zero-order valence-corrected chi connectivity index (χ0v) is 23.5. The number of terminal acetylenes is 1. The van der Waals surface area contributed by atoms with E-state index >= 15 is 0 Å². The quantitative estimate of drug-likeness (QED) is 0.179. The molecule has 1 saturated heterocycles. The van der Waals surface area contributed by atoms with Gasteiger partial charge in [0.05, 0.1) is 52.1 Å². The number of nitriles is 1. The lowest BCUT2D eigenvalue weighted by Crippen LogP contribution is -2.30. The van der Waals surface area contributed by atoms with Gasteiger partial charge in [-0.1, -0.05) is 41.9 Å². The van der Waals surface area contributed by atoms with Crippen LogP contribution in [0.5, 0.6) is 11.8 Å². The molecule has 0 amide bonds. The number of aromatic hydroxyl groups is 2. The number of benzene rings is 2. The van der Waals surface area contributed by atoms with Crippen LogP contribution in [0.1, 0.15) is 48.6 Å². The molecule has 0 aliphatic carbocycles. The van der Waals surface area contributed by atoms with Crippen molar-refractivity contribution in [3.8, 4) is 35.9 Å². The summed E-state index contributed by atoms with van der Waals surface area (Å²) in [6.07, 6.45) is 7.10. The van der Waals surface area contributed by atoms with E-state index in [4.69, 9.17) is 15.9 Å². The van der Waals surface area contributed by atoms with Crippen LogP contribution in [0.25, 0.3) is 16.5 Å². The molecule has 0 radical (unpaired) electrons. The monoisotopic (exact) mass is 568 g/mol. The molecule has 4 heterocycles. The topological polar surface area (TPSA) is 123 Å². The van der Waals surface area contributed by atoms with Crippen LogP contribution in [0.15, 0.2) is 52.4 Å². The third-order valence-corrected chi connectivity index (χ3v) is 9.02. The summed E-state index contributed by atoms with van der Waals surface area (Å²) in [4.78, 5) is 17.7. The van der Waals surface area contributed by atoms with Gasteiger partial charge >= 0.3 is 0 Å². The van der Waals surface area contributed by atoms with Crippen molar-refractivity contribution in [1.29, 1.82) is 5.26 Å². The van der Waals surface area contributed by atoms with E-state index in [0.29, 0.717) is 58.2 Å². The van der Waals surface area contributed by atoms with Crippen molar-refractivity contribution in [2.75, 3.05) is 12.9 Å². The van der Waals surface area contributed by atoms with Gasteiger partial charge in [-0.2, -0.15) is 5.26 Å². The summed E-state index contributed by atoms with van der Waals surface area (Å²) < 4.78 is 14.8. The fraction of sp³-hybridized carbons (Fsp3) is 0.323. The van der Waals surface area contributed by atoms with E-state index in [1.807, 2.05) is 31.2 Å². The van der Waals surface area contributed by atoms with Crippen molar-refractivity contribution in [3.63, 3.8) is 0 Å². The third-order valence-electron chi connectivity index (χ3n) is 8.14. The van der Waals surface area contributed by atoms with Gasteiger partial charge in [0.1, 0.15) is 5.60 Å². The maximum atomic E-state index is 13.1. The summed E-state index contributed by atoms with van der Waals surface area (Å²) >= 11 is 1.30. The number of hydrogen-bond donors (Lipinski definition) is 2. The molecule has 0 spiro atoms. The van der Waals surface area contributed by atoms with Crippen LogP contribution in [0, 0.1) is 23.7 Å². The van der Waals surface area contributed by atoms with Crippen LogP contribution >= 0.6 is 11.8 Å².